The van der Waals surface area contributed by atoms with Gasteiger partial charge in [0.05, 0.1) is 17.6 Å². The van der Waals surface area contributed by atoms with Gasteiger partial charge in [-0.3, -0.25) is 14.6 Å². The van der Waals surface area contributed by atoms with E-state index in [0.717, 1.165) is 31.5 Å². The summed E-state index contributed by atoms with van der Waals surface area (Å²) in [5.41, 5.74) is 1.70. The van der Waals surface area contributed by atoms with Crippen molar-refractivity contribution >= 4 is 17.5 Å². The lowest BCUT2D eigenvalue weighted by molar-refractivity contribution is -0.136. The van der Waals surface area contributed by atoms with Crippen LogP contribution in [0.3, 0.4) is 0 Å². The van der Waals surface area contributed by atoms with E-state index in [0.29, 0.717) is 24.4 Å². The molecule has 7 nitrogen and oxygen atoms in total. The fourth-order valence-electron chi connectivity index (χ4n) is 3.39. The van der Waals surface area contributed by atoms with Crippen molar-refractivity contribution < 1.29 is 14.3 Å². The van der Waals surface area contributed by atoms with Crippen LogP contribution in [0.15, 0.2) is 48.8 Å². The van der Waals surface area contributed by atoms with Gasteiger partial charge >= 0.3 is 0 Å². The van der Waals surface area contributed by atoms with Crippen LogP contribution >= 0.6 is 0 Å². The third-order valence-corrected chi connectivity index (χ3v) is 5.05. The van der Waals surface area contributed by atoms with E-state index < -0.39 is 5.41 Å². The summed E-state index contributed by atoms with van der Waals surface area (Å²) in [6.45, 7) is 2.51. The lowest BCUT2D eigenvalue weighted by atomic mass is 9.78. The second kappa shape index (κ2) is 9.43. The number of nitrogens with one attached hydrogen (secondary N) is 3. The van der Waals surface area contributed by atoms with Crippen molar-refractivity contribution in [3.63, 3.8) is 0 Å². The molecule has 1 saturated heterocycles. The summed E-state index contributed by atoms with van der Waals surface area (Å²) in [7, 11) is 1.63. The summed E-state index contributed by atoms with van der Waals surface area (Å²) < 4.78 is 5.31. The zero-order valence-corrected chi connectivity index (χ0v) is 16.0. The Morgan fingerprint density at radius 3 is 2.57 bits per heavy atom. The summed E-state index contributed by atoms with van der Waals surface area (Å²) in [6, 6.07) is 10.9. The van der Waals surface area contributed by atoms with Crippen molar-refractivity contribution in [2.45, 2.75) is 19.4 Å². The highest BCUT2D eigenvalue weighted by Crippen LogP contribution is 2.29. The highest BCUT2D eigenvalue weighted by atomic mass is 16.5. The van der Waals surface area contributed by atoms with Crippen LogP contribution in [0.2, 0.25) is 0 Å². The van der Waals surface area contributed by atoms with Crippen LogP contribution in [-0.4, -0.2) is 43.6 Å². The maximum atomic E-state index is 12.8. The molecule has 0 unspecified atom stereocenters. The van der Waals surface area contributed by atoms with E-state index in [-0.39, 0.29) is 11.8 Å². The zero-order valence-electron chi connectivity index (χ0n) is 16.0. The van der Waals surface area contributed by atoms with E-state index in [4.69, 9.17) is 4.74 Å². The maximum absolute atomic E-state index is 12.8. The van der Waals surface area contributed by atoms with Crippen molar-refractivity contribution in [2.24, 2.45) is 5.41 Å². The number of piperidine rings is 1. The number of carbonyl (C=O) groups is 2. The molecule has 7 heteroatoms. The van der Waals surface area contributed by atoms with Gasteiger partial charge in [0.25, 0.3) is 5.91 Å². The molecule has 0 radical (unpaired) electrons. The van der Waals surface area contributed by atoms with Crippen LogP contribution in [0.25, 0.3) is 0 Å². The standard InChI is InChI=1S/C21H26N4O3/c1-28-15-21(8-11-22-12-9-21)20(27)24-13-16-4-6-18(7-5-16)25-19(26)17-3-2-10-23-14-17/h2-7,10,14,22H,8-9,11-13,15H2,1H3,(H,24,27)(H,25,26). The van der Waals surface area contributed by atoms with Gasteiger partial charge in [-0.2, -0.15) is 0 Å². The molecule has 2 aromatic rings. The monoisotopic (exact) mass is 382 g/mol. The smallest absolute Gasteiger partial charge is 0.257 e. The van der Waals surface area contributed by atoms with Gasteiger partial charge in [0.15, 0.2) is 0 Å². The molecule has 2 amide bonds. The fraction of sp³-hybridized carbons (Fsp3) is 0.381. The normalized spacial score (nSPS) is 15.6. The number of hydrogen-bond acceptors (Lipinski definition) is 5. The third-order valence-electron chi connectivity index (χ3n) is 5.05. The summed E-state index contributed by atoms with van der Waals surface area (Å²) >= 11 is 0. The van der Waals surface area contributed by atoms with Gasteiger partial charge in [0, 0.05) is 31.7 Å². The van der Waals surface area contributed by atoms with Crippen molar-refractivity contribution in [1.29, 1.82) is 0 Å². The van der Waals surface area contributed by atoms with Gasteiger partial charge in [-0.05, 0) is 55.8 Å². The Hall–Kier alpha value is -2.77. The number of ether oxygens (including phenoxy) is 1. The van der Waals surface area contributed by atoms with Gasteiger partial charge in [0.2, 0.25) is 5.91 Å². The van der Waals surface area contributed by atoms with Gasteiger partial charge in [-0.1, -0.05) is 12.1 Å². The van der Waals surface area contributed by atoms with E-state index in [2.05, 4.69) is 20.9 Å². The van der Waals surface area contributed by atoms with Crippen LogP contribution in [0.5, 0.6) is 0 Å². The van der Waals surface area contributed by atoms with E-state index in [9.17, 15) is 9.59 Å². The molecule has 0 saturated carbocycles. The lowest BCUT2D eigenvalue weighted by Crippen LogP contribution is -2.49. The number of hydrogen-bond donors (Lipinski definition) is 3. The minimum absolute atomic E-state index is 0.0322. The first kappa shape index (κ1) is 20.0. The minimum Gasteiger partial charge on any atom is -0.384 e. The molecule has 1 fully saturated rings. The number of nitrogens with zero attached hydrogens (tertiary/aromatic N) is 1. The van der Waals surface area contributed by atoms with Crippen LogP contribution in [0.1, 0.15) is 28.8 Å². The lowest BCUT2D eigenvalue weighted by Gasteiger charge is -2.35. The molecule has 3 rings (SSSR count). The first-order valence-corrected chi connectivity index (χ1v) is 9.41. The number of benzene rings is 1. The SMILES string of the molecule is COCC1(C(=O)NCc2ccc(NC(=O)c3cccnc3)cc2)CCNCC1. The molecular weight excluding hydrogens is 356 g/mol. The molecule has 28 heavy (non-hydrogen) atoms. The molecule has 0 bridgehead atoms. The van der Waals surface area contributed by atoms with E-state index in [1.165, 1.54) is 6.20 Å². The molecule has 1 aromatic carbocycles. The zero-order chi connectivity index (χ0) is 19.8. The van der Waals surface area contributed by atoms with Gasteiger partial charge in [-0.25, -0.2) is 0 Å². The van der Waals surface area contributed by atoms with E-state index in [1.807, 2.05) is 24.3 Å². The Labute approximate surface area is 164 Å². The minimum atomic E-state index is -0.461. The number of methoxy groups -OCH3 is 1. The molecule has 2 heterocycles. The highest BCUT2D eigenvalue weighted by Gasteiger charge is 2.39. The number of pyridine rings is 1. The molecule has 1 aliphatic heterocycles. The van der Waals surface area contributed by atoms with Crippen LogP contribution in [0, 0.1) is 5.41 Å². The maximum Gasteiger partial charge on any atom is 0.257 e. The van der Waals surface area contributed by atoms with Crippen molar-refractivity contribution in [1.82, 2.24) is 15.6 Å². The molecule has 0 aliphatic carbocycles. The summed E-state index contributed by atoms with van der Waals surface area (Å²) in [4.78, 5) is 28.9. The fourth-order valence-corrected chi connectivity index (χ4v) is 3.39. The average Bonchev–Trinajstić information content (AvgIpc) is 2.74. The molecule has 0 atom stereocenters. The van der Waals surface area contributed by atoms with Crippen LogP contribution in [0.4, 0.5) is 5.69 Å². The highest BCUT2D eigenvalue weighted by molar-refractivity contribution is 6.04. The second-order valence-corrected chi connectivity index (χ2v) is 7.04. The summed E-state index contributed by atoms with van der Waals surface area (Å²) in [6.07, 6.45) is 4.69. The summed E-state index contributed by atoms with van der Waals surface area (Å²) in [5, 5.41) is 9.16. The number of rotatable bonds is 7. The Bertz CT molecular complexity index is 782. The van der Waals surface area contributed by atoms with Gasteiger partial charge in [0.1, 0.15) is 0 Å². The Kier molecular flexibility index (Phi) is 6.73. The molecule has 0 spiro atoms. The van der Waals surface area contributed by atoms with E-state index >= 15 is 0 Å². The molecule has 1 aliphatic rings. The predicted octanol–water partition coefficient (Wildman–Crippen LogP) is 1.97. The van der Waals surface area contributed by atoms with Crippen molar-refractivity contribution in [2.75, 3.05) is 32.1 Å². The second-order valence-electron chi connectivity index (χ2n) is 7.04. The number of anilines is 1. The Balaban J connectivity index is 1.55. The predicted molar refractivity (Wildman–Crippen MR) is 107 cm³/mol. The first-order chi connectivity index (χ1) is 13.6. The largest absolute Gasteiger partial charge is 0.384 e. The molecular formula is C21H26N4O3. The number of carbonyl (C=O) groups excluding carboxylic acids is 2. The topological polar surface area (TPSA) is 92.4 Å². The Morgan fingerprint density at radius 2 is 1.93 bits per heavy atom. The van der Waals surface area contributed by atoms with Gasteiger partial charge < -0.3 is 20.7 Å². The van der Waals surface area contributed by atoms with Crippen molar-refractivity contribution in [3.8, 4) is 0 Å². The van der Waals surface area contributed by atoms with Crippen LogP contribution in [-0.2, 0) is 16.1 Å². The molecule has 3 N–H and O–H groups in total. The summed E-state index contributed by atoms with van der Waals surface area (Å²) in [5.74, 6) is -0.175. The molecule has 1 aromatic heterocycles. The average molecular weight is 382 g/mol. The first-order valence-electron chi connectivity index (χ1n) is 9.41. The van der Waals surface area contributed by atoms with Gasteiger partial charge in [-0.15, -0.1) is 0 Å². The van der Waals surface area contributed by atoms with Crippen molar-refractivity contribution in [3.05, 3.63) is 59.9 Å². The quantitative estimate of drug-likeness (QED) is 0.681. The number of aromatic nitrogens is 1. The van der Waals surface area contributed by atoms with Crippen LogP contribution < -0.4 is 16.0 Å². The van der Waals surface area contributed by atoms with E-state index in [1.54, 1.807) is 25.4 Å². The molecule has 148 valence electrons. The Morgan fingerprint density at radius 1 is 1.18 bits per heavy atom. The third kappa shape index (κ3) is 4.94. The number of amides is 2.